The van der Waals surface area contributed by atoms with Crippen LogP contribution in [0.5, 0.6) is 11.5 Å². The van der Waals surface area contributed by atoms with E-state index in [2.05, 4.69) is 49.7 Å². The predicted molar refractivity (Wildman–Crippen MR) is 167 cm³/mol. The number of carbonyl (C=O) groups excluding carboxylic acids is 1. The summed E-state index contributed by atoms with van der Waals surface area (Å²) in [6.07, 6.45) is 10.9. The molecule has 4 nitrogen and oxygen atoms in total. The maximum absolute atomic E-state index is 13.4. The molecule has 40 heavy (non-hydrogen) atoms. The molecule has 0 saturated heterocycles. The molecule has 0 saturated carbocycles. The van der Waals surface area contributed by atoms with Gasteiger partial charge in [-0.2, -0.15) is 0 Å². The smallest absolute Gasteiger partial charge is 0.314 e. The number of allylic oxidation sites excluding steroid dienone is 2. The first-order chi connectivity index (χ1) is 19.6. The van der Waals surface area contributed by atoms with Gasteiger partial charge in [-0.15, -0.1) is 13.2 Å². The zero-order chi connectivity index (χ0) is 28.6. The normalized spacial score (nSPS) is 12.3. The van der Waals surface area contributed by atoms with Crippen molar-refractivity contribution in [3.05, 3.63) is 109 Å². The average Bonchev–Trinajstić information content (AvgIpc) is 2.98. The molecule has 4 heteroatoms. The standard InChI is InChI=1S/C36H45NO3/c1-5-8-9-11-20-30(17-7-3)36(38)40-34-22-15-14-21-31(34)32-27-28(16-6-2)23-24-35(32)39-33(25-26-37-4)29-18-12-10-13-19-29/h5-6,10,12-15,18-19,21-24,27,30,33,37H,1-2,7-9,11,16-17,20,25-26H2,3-4H3. The highest BCUT2D eigenvalue weighted by Crippen LogP contribution is 2.40. The Labute approximate surface area is 241 Å². The first-order valence-electron chi connectivity index (χ1n) is 14.6. The topological polar surface area (TPSA) is 47.6 Å². The quantitative estimate of drug-likeness (QED) is 0.0759. The fourth-order valence-electron chi connectivity index (χ4n) is 4.95. The molecule has 3 rings (SSSR count). The highest BCUT2D eigenvalue weighted by molar-refractivity contribution is 5.82. The van der Waals surface area contributed by atoms with Crippen molar-refractivity contribution in [2.45, 2.75) is 64.4 Å². The number of carbonyl (C=O) groups is 1. The summed E-state index contributed by atoms with van der Waals surface area (Å²) in [5, 5.41) is 3.25. The summed E-state index contributed by atoms with van der Waals surface area (Å²) in [5.41, 5.74) is 4.00. The van der Waals surface area contributed by atoms with Crippen molar-refractivity contribution in [1.82, 2.24) is 5.32 Å². The van der Waals surface area contributed by atoms with Gasteiger partial charge < -0.3 is 14.8 Å². The van der Waals surface area contributed by atoms with Crippen molar-refractivity contribution in [1.29, 1.82) is 0 Å². The molecule has 212 valence electrons. The van der Waals surface area contributed by atoms with Gasteiger partial charge in [0, 0.05) is 17.5 Å². The Hall–Kier alpha value is -3.63. The van der Waals surface area contributed by atoms with Crippen molar-refractivity contribution in [2.75, 3.05) is 13.6 Å². The van der Waals surface area contributed by atoms with Gasteiger partial charge >= 0.3 is 5.97 Å². The number of benzene rings is 3. The molecule has 0 bridgehead atoms. The molecule has 0 spiro atoms. The van der Waals surface area contributed by atoms with Gasteiger partial charge in [0.1, 0.15) is 17.6 Å². The number of hydrogen-bond acceptors (Lipinski definition) is 4. The molecular weight excluding hydrogens is 494 g/mol. The van der Waals surface area contributed by atoms with Crippen LogP contribution < -0.4 is 14.8 Å². The molecule has 0 aliphatic rings. The summed E-state index contributed by atoms with van der Waals surface area (Å²) in [6.45, 7) is 10.7. The zero-order valence-corrected chi connectivity index (χ0v) is 24.2. The third-order valence-electron chi connectivity index (χ3n) is 7.09. The van der Waals surface area contributed by atoms with Crippen LogP contribution in [-0.4, -0.2) is 19.6 Å². The van der Waals surface area contributed by atoms with E-state index < -0.39 is 0 Å². The first kappa shape index (κ1) is 30.9. The van der Waals surface area contributed by atoms with Crippen molar-refractivity contribution in [3.63, 3.8) is 0 Å². The number of ether oxygens (including phenoxy) is 2. The van der Waals surface area contributed by atoms with Crippen LogP contribution in [0.2, 0.25) is 0 Å². The first-order valence-corrected chi connectivity index (χ1v) is 14.6. The summed E-state index contributed by atoms with van der Waals surface area (Å²) < 4.78 is 12.9. The van der Waals surface area contributed by atoms with E-state index in [9.17, 15) is 4.79 Å². The van der Waals surface area contributed by atoms with E-state index in [4.69, 9.17) is 9.47 Å². The SMILES string of the molecule is C=CCCCCC(CCC)C(=O)Oc1ccccc1-c1cc(CC=C)ccc1OC(CCNC)c1ccccc1. The summed E-state index contributed by atoms with van der Waals surface area (Å²) in [7, 11) is 1.95. The molecule has 2 atom stereocenters. The molecule has 3 aromatic carbocycles. The van der Waals surface area contributed by atoms with E-state index in [1.165, 1.54) is 0 Å². The Bertz CT molecular complexity index is 1200. The minimum Gasteiger partial charge on any atom is -0.485 e. The molecule has 3 aromatic rings. The number of nitrogens with one attached hydrogen (secondary N) is 1. The molecule has 1 N–H and O–H groups in total. The number of unbranched alkanes of at least 4 members (excludes halogenated alkanes) is 2. The van der Waals surface area contributed by atoms with Gasteiger partial charge in [0.25, 0.3) is 0 Å². The maximum Gasteiger partial charge on any atom is 0.314 e. The second-order valence-corrected chi connectivity index (χ2v) is 10.2. The molecule has 0 aliphatic carbocycles. The summed E-state index contributed by atoms with van der Waals surface area (Å²) in [4.78, 5) is 13.4. The van der Waals surface area contributed by atoms with Crippen LogP contribution in [0.1, 0.15) is 69.1 Å². The second kappa shape index (κ2) is 17.1. The lowest BCUT2D eigenvalue weighted by Crippen LogP contribution is -2.21. The zero-order valence-electron chi connectivity index (χ0n) is 24.2. The Balaban J connectivity index is 1.96. The maximum atomic E-state index is 13.4. The fourth-order valence-corrected chi connectivity index (χ4v) is 4.95. The van der Waals surface area contributed by atoms with Gasteiger partial charge in [0.2, 0.25) is 0 Å². The molecule has 0 aromatic heterocycles. The number of para-hydroxylation sites is 1. The Kier molecular flexibility index (Phi) is 13.2. The summed E-state index contributed by atoms with van der Waals surface area (Å²) in [6, 6.07) is 24.3. The molecule has 0 radical (unpaired) electrons. The van der Waals surface area contributed by atoms with Crippen molar-refractivity contribution >= 4 is 5.97 Å². The largest absolute Gasteiger partial charge is 0.485 e. The van der Waals surface area contributed by atoms with Crippen LogP contribution in [0.25, 0.3) is 11.1 Å². The van der Waals surface area contributed by atoms with Crippen LogP contribution >= 0.6 is 0 Å². The average molecular weight is 540 g/mol. The highest BCUT2D eigenvalue weighted by atomic mass is 16.5. The molecule has 0 fully saturated rings. The van der Waals surface area contributed by atoms with Crippen LogP contribution in [0.3, 0.4) is 0 Å². The van der Waals surface area contributed by atoms with E-state index in [0.717, 1.165) is 85.9 Å². The molecular formula is C36H45NO3. The Morgan fingerprint density at radius 3 is 2.38 bits per heavy atom. The summed E-state index contributed by atoms with van der Waals surface area (Å²) >= 11 is 0. The molecule has 0 heterocycles. The van der Waals surface area contributed by atoms with Gasteiger partial charge in [-0.05, 0) is 75.0 Å². The van der Waals surface area contributed by atoms with Gasteiger partial charge in [0.15, 0.2) is 0 Å². The lowest BCUT2D eigenvalue weighted by atomic mass is 9.96. The van der Waals surface area contributed by atoms with Crippen molar-refractivity contribution in [3.8, 4) is 22.6 Å². The number of hydrogen-bond donors (Lipinski definition) is 1. The predicted octanol–water partition coefficient (Wildman–Crippen LogP) is 8.88. The van der Waals surface area contributed by atoms with Gasteiger partial charge in [-0.25, -0.2) is 0 Å². The second-order valence-electron chi connectivity index (χ2n) is 10.2. The lowest BCUT2D eigenvalue weighted by Gasteiger charge is -2.23. The van der Waals surface area contributed by atoms with E-state index in [1.807, 2.05) is 67.7 Å². The third-order valence-corrected chi connectivity index (χ3v) is 7.09. The lowest BCUT2D eigenvalue weighted by molar-refractivity contribution is -0.139. The fraction of sp³-hybridized carbons (Fsp3) is 0.361. The minimum atomic E-state index is -0.159. The number of esters is 1. The van der Waals surface area contributed by atoms with E-state index in [-0.39, 0.29) is 18.0 Å². The van der Waals surface area contributed by atoms with Crippen LogP contribution in [0.4, 0.5) is 0 Å². The number of rotatable bonds is 18. The molecule has 2 unspecified atom stereocenters. The van der Waals surface area contributed by atoms with Crippen molar-refractivity contribution in [2.24, 2.45) is 5.92 Å². The monoisotopic (exact) mass is 539 g/mol. The summed E-state index contributed by atoms with van der Waals surface area (Å²) in [5.74, 6) is 1.05. The Morgan fingerprint density at radius 2 is 1.65 bits per heavy atom. The molecule has 0 aliphatic heterocycles. The van der Waals surface area contributed by atoms with Crippen LogP contribution in [0, 0.1) is 5.92 Å². The third kappa shape index (κ3) is 9.24. The highest BCUT2D eigenvalue weighted by Gasteiger charge is 2.23. The minimum absolute atomic E-state index is 0.116. The van der Waals surface area contributed by atoms with Crippen molar-refractivity contribution < 1.29 is 14.3 Å². The van der Waals surface area contributed by atoms with Gasteiger partial charge in [0.05, 0.1) is 5.92 Å². The molecule has 0 amide bonds. The van der Waals surface area contributed by atoms with Gasteiger partial charge in [-0.3, -0.25) is 4.79 Å². The van der Waals surface area contributed by atoms with Crippen LogP contribution in [0.15, 0.2) is 98.1 Å². The van der Waals surface area contributed by atoms with Crippen LogP contribution in [-0.2, 0) is 11.2 Å². The van der Waals surface area contributed by atoms with E-state index in [0.29, 0.717) is 5.75 Å². The van der Waals surface area contributed by atoms with Gasteiger partial charge in [-0.1, -0.05) is 86.5 Å². The Morgan fingerprint density at radius 1 is 0.875 bits per heavy atom. The van der Waals surface area contributed by atoms with E-state index >= 15 is 0 Å². The van der Waals surface area contributed by atoms with E-state index in [1.54, 1.807) is 0 Å².